The molecule has 4 N–H and O–H groups in total. The molecule has 2 bridgehead atoms. The van der Waals surface area contributed by atoms with E-state index in [2.05, 4.69) is 0 Å². The number of ether oxygens (including phenoxy) is 2. The highest BCUT2D eigenvalue weighted by Crippen LogP contribution is 2.39. The molecular weight excluding hydrogens is 320 g/mol. The van der Waals surface area contributed by atoms with E-state index in [1.165, 1.54) is 24.3 Å². The molecule has 3 fully saturated rings. The van der Waals surface area contributed by atoms with Gasteiger partial charge in [0.1, 0.15) is 6.10 Å². The number of carbonyl (C=O) groups is 2. The van der Waals surface area contributed by atoms with Gasteiger partial charge in [0.2, 0.25) is 0 Å². The molecule has 0 amide bonds. The summed E-state index contributed by atoms with van der Waals surface area (Å²) in [6.07, 6.45) is -0.868. The zero-order valence-corrected chi connectivity index (χ0v) is 12.5. The highest BCUT2D eigenvalue weighted by atomic mass is 16.6. The fourth-order valence-electron chi connectivity index (χ4n) is 2.90. The molecule has 1 aliphatic carbocycles. The minimum Gasteiger partial charge on any atom is -0.504 e. The first-order chi connectivity index (χ1) is 11.3. The van der Waals surface area contributed by atoms with Crippen molar-refractivity contribution in [2.75, 3.05) is 0 Å². The summed E-state index contributed by atoms with van der Waals surface area (Å²) in [7, 11) is 0. The van der Waals surface area contributed by atoms with Crippen LogP contribution in [0.1, 0.15) is 18.4 Å². The van der Waals surface area contributed by atoms with E-state index < -0.39 is 35.9 Å². The molecule has 8 nitrogen and oxygen atoms in total. The molecule has 0 radical (unpaired) electrons. The summed E-state index contributed by atoms with van der Waals surface area (Å²) < 4.78 is 10.1. The number of esters is 2. The lowest BCUT2D eigenvalue weighted by molar-refractivity contribution is -0.243. The number of aliphatic hydroxyl groups excluding tert-OH is 1. The third kappa shape index (κ3) is 2.93. The molecule has 4 unspecified atom stereocenters. The van der Waals surface area contributed by atoms with Gasteiger partial charge in [-0.2, -0.15) is 0 Å². The summed E-state index contributed by atoms with van der Waals surface area (Å²) in [5.74, 6) is -2.18. The number of aliphatic hydroxyl groups is 2. The molecular formula is C16H16O8. The Morgan fingerprint density at radius 2 is 2.04 bits per heavy atom. The zero-order valence-electron chi connectivity index (χ0n) is 12.5. The van der Waals surface area contributed by atoms with Crippen molar-refractivity contribution in [1.82, 2.24) is 0 Å². The normalized spacial score (nSPS) is 31.9. The van der Waals surface area contributed by atoms with Gasteiger partial charge in [-0.3, -0.25) is 0 Å². The second-order valence-electron chi connectivity index (χ2n) is 5.93. The van der Waals surface area contributed by atoms with E-state index in [0.717, 1.165) is 6.08 Å². The van der Waals surface area contributed by atoms with Crippen molar-refractivity contribution in [3.8, 4) is 11.5 Å². The Labute approximate surface area is 136 Å². The van der Waals surface area contributed by atoms with Gasteiger partial charge in [-0.15, -0.1) is 0 Å². The van der Waals surface area contributed by atoms with Crippen LogP contribution in [0.4, 0.5) is 0 Å². The predicted molar refractivity (Wildman–Crippen MR) is 78.8 cm³/mol. The van der Waals surface area contributed by atoms with Crippen molar-refractivity contribution in [3.63, 3.8) is 0 Å². The molecule has 2 aliphatic heterocycles. The first kappa shape index (κ1) is 16.3. The first-order valence-electron chi connectivity index (χ1n) is 7.31. The maximum atomic E-state index is 11.9. The van der Waals surface area contributed by atoms with Crippen LogP contribution in [0.25, 0.3) is 6.08 Å². The molecule has 0 spiro atoms. The number of benzene rings is 1. The first-order valence-corrected chi connectivity index (χ1v) is 7.31. The highest BCUT2D eigenvalue weighted by molar-refractivity contribution is 5.88. The monoisotopic (exact) mass is 336 g/mol. The van der Waals surface area contributed by atoms with E-state index in [9.17, 15) is 30.0 Å². The van der Waals surface area contributed by atoms with Gasteiger partial charge in [0, 0.05) is 18.9 Å². The molecule has 2 heterocycles. The average Bonchev–Trinajstić information content (AvgIpc) is 2.50. The molecule has 4 atom stereocenters. The molecule has 1 aromatic carbocycles. The zero-order chi connectivity index (χ0) is 17.5. The van der Waals surface area contributed by atoms with Crippen molar-refractivity contribution in [1.29, 1.82) is 0 Å². The maximum absolute atomic E-state index is 11.9. The van der Waals surface area contributed by atoms with Gasteiger partial charge in [0.25, 0.3) is 0 Å². The van der Waals surface area contributed by atoms with Crippen molar-refractivity contribution < 1.29 is 39.5 Å². The number of aromatic hydroxyl groups is 2. The number of phenols is 2. The molecule has 2 saturated heterocycles. The van der Waals surface area contributed by atoms with Crippen LogP contribution in [-0.4, -0.2) is 56.3 Å². The van der Waals surface area contributed by atoms with Crippen molar-refractivity contribution in [3.05, 3.63) is 29.8 Å². The minimum atomic E-state index is -1.84. The minimum absolute atomic E-state index is 0.132. The van der Waals surface area contributed by atoms with Gasteiger partial charge in [0.15, 0.2) is 23.2 Å². The van der Waals surface area contributed by atoms with E-state index in [1.807, 2.05) is 0 Å². The Morgan fingerprint density at radius 3 is 2.71 bits per heavy atom. The lowest BCUT2D eigenvalue weighted by Crippen LogP contribution is -2.65. The van der Waals surface area contributed by atoms with E-state index in [0.29, 0.717) is 5.56 Å². The summed E-state index contributed by atoms with van der Waals surface area (Å²) >= 11 is 0. The van der Waals surface area contributed by atoms with Crippen LogP contribution in [0.3, 0.4) is 0 Å². The van der Waals surface area contributed by atoms with Crippen LogP contribution >= 0.6 is 0 Å². The third-order valence-electron chi connectivity index (χ3n) is 4.13. The van der Waals surface area contributed by atoms with Crippen molar-refractivity contribution >= 4 is 18.0 Å². The SMILES string of the molecule is O=C(C=Cc1ccc(O)c(O)c1)OC1CC2(O)CC(O)C1OC2=O. The van der Waals surface area contributed by atoms with Crippen molar-refractivity contribution in [2.45, 2.75) is 36.8 Å². The van der Waals surface area contributed by atoms with Gasteiger partial charge in [0.05, 0.1) is 6.10 Å². The topological polar surface area (TPSA) is 134 Å². The van der Waals surface area contributed by atoms with E-state index in [4.69, 9.17) is 9.47 Å². The summed E-state index contributed by atoms with van der Waals surface area (Å²) in [6.45, 7) is 0. The summed E-state index contributed by atoms with van der Waals surface area (Å²) in [5, 5.41) is 38.5. The molecule has 8 heteroatoms. The summed E-state index contributed by atoms with van der Waals surface area (Å²) in [4.78, 5) is 23.4. The number of hydrogen-bond acceptors (Lipinski definition) is 8. The predicted octanol–water partition coefficient (Wildman–Crippen LogP) is -0.166. The van der Waals surface area contributed by atoms with Gasteiger partial charge in [-0.05, 0) is 23.8 Å². The van der Waals surface area contributed by atoms with Gasteiger partial charge in [-0.1, -0.05) is 6.07 Å². The Morgan fingerprint density at radius 1 is 1.29 bits per heavy atom. The second-order valence-corrected chi connectivity index (χ2v) is 5.93. The summed E-state index contributed by atoms with van der Waals surface area (Å²) in [6, 6.07) is 4.01. The molecule has 4 rings (SSSR count). The van der Waals surface area contributed by atoms with Crippen LogP contribution < -0.4 is 0 Å². The fraction of sp³-hybridized carbons (Fsp3) is 0.375. The number of phenolic OH excluding ortho intramolecular Hbond substituents is 2. The standard InChI is InChI=1S/C16H16O8/c17-9-3-1-8(5-10(9)18)2-4-13(20)23-12-7-16(22)6-11(19)14(12)24-15(16)21/h1-5,11-12,14,17-19,22H,6-7H2. The maximum Gasteiger partial charge on any atom is 0.338 e. The quantitative estimate of drug-likeness (QED) is 0.340. The lowest BCUT2D eigenvalue weighted by Gasteiger charge is -2.47. The lowest BCUT2D eigenvalue weighted by atomic mass is 9.76. The number of rotatable bonds is 3. The van der Waals surface area contributed by atoms with E-state index in [-0.39, 0.29) is 24.3 Å². The largest absolute Gasteiger partial charge is 0.504 e. The van der Waals surface area contributed by atoms with Crippen LogP contribution in [-0.2, 0) is 19.1 Å². The number of carbonyl (C=O) groups excluding carboxylic acids is 2. The molecule has 1 aromatic rings. The Hall–Kier alpha value is -2.58. The Kier molecular flexibility index (Phi) is 3.94. The van der Waals surface area contributed by atoms with Crippen molar-refractivity contribution in [2.24, 2.45) is 0 Å². The van der Waals surface area contributed by atoms with E-state index in [1.54, 1.807) is 0 Å². The van der Waals surface area contributed by atoms with Crippen LogP contribution in [0.5, 0.6) is 11.5 Å². The average molecular weight is 336 g/mol. The highest BCUT2D eigenvalue weighted by Gasteiger charge is 2.58. The second kappa shape index (κ2) is 5.81. The molecule has 24 heavy (non-hydrogen) atoms. The fourth-order valence-corrected chi connectivity index (χ4v) is 2.90. The Balaban J connectivity index is 1.66. The van der Waals surface area contributed by atoms with Crippen LogP contribution in [0.15, 0.2) is 24.3 Å². The van der Waals surface area contributed by atoms with Crippen LogP contribution in [0, 0.1) is 0 Å². The van der Waals surface area contributed by atoms with Crippen LogP contribution in [0.2, 0.25) is 0 Å². The molecule has 0 aromatic heterocycles. The third-order valence-corrected chi connectivity index (χ3v) is 4.13. The number of fused-ring (bicyclic) bond motifs is 3. The van der Waals surface area contributed by atoms with Gasteiger partial charge >= 0.3 is 11.9 Å². The Bertz CT molecular complexity index is 712. The molecule has 3 aliphatic rings. The summed E-state index contributed by atoms with van der Waals surface area (Å²) in [5.41, 5.74) is -1.39. The van der Waals surface area contributed by atoms with Gasteiger partial charge in [-0.25, -0.2) is 9.59 Å². The van der Waals surface area contributed by atoms with E-state index >= 15 is 0 Å². The molecule has 128 valence electrons. The number of hydrogen-bond donors (Lipinski definition) is 4. The van der Waals surface area contributed by atoms with Gasteiger partial charge < -0.3 is 29.9 Å². The smallest absolute Gasteiger partial charge is 0.338 e. The molecule has 1 saturated carbocycles.